The summed E-state index contributed by atoms with van der Waals surface area (Å²) in [6.07, 6.45) is 3.61. The molecule has 0 radical (unpaired) electrons. The summed E-state index contributed by atoms with van der Waals surface area (Å²) in [4.78, 5) is 15.5. The average molecular weight is 298 g/mol. The van der Waals surface area contributed by atoms with Crippen molar-refractivity contribution in [2.75, 3.05) is 13.9 Å². The van der Waals surface area contributed by atoms with Crippen LogP contribution in [0.15, 0.2) is 48.8 Å². The van der Waals surface area contributed by atoms with Gasteiger partial charge in [0.25, 0.3) is 0 Å². The Hall–Kier alpha value is -2.86. The van der Waals surface area contributed by atoms with Gasteiger partial charge in [0.15, 0.2) is 6.79 Å². The van der Waals surface area contributed by atoms with Gasteiger partial charge in [-0.2, -0.15) is 0 Å². The van der Waals surface area contributed by atoms with Gasteiger partial charge in [-0.3, -0.25) is 4.98 Å². The number of ether oxygens (including phenoxy) is 2. The summed E-state index contributed by atoms with van der Waals surface area (Å²) in [5, 5.41) is 9.22. The van der Waals surface area contributed by atoms with E-state index in [0.29, 0.717) is 0 Å². The SMILES string of the molecule is COCOc1cc(-n2ccc3ncccc32)ccc1C(=O)O. The number of hydrogen-bond acceptors (Lipinski definition) is 4. The highest BCUT2D eigenvalue weighted by atomic mass is 16.7. The molecular formula is C16H14N2O4. The molecular weight excluding hydrogens is 284 g/mol. The molecule has 6 nitrogen and oxygen atoms in total. The van der Waals surface area contributed by atoms with Crippen LogP contribution in [0.2, 0.25) is 0 Å². The number of fused-ring (bicyclic) bond motifs is 1. The maximum Gasteiger partial charge on any atom is 0.339 e. The van der Waals surface area contributed by atoms with E-state index in [4.69, 9.17) is 9.47 Å². The maximum atomic E-state index is 11.3. The Labute approximate surface area is 126 Å². The van der Waals surface area contributed by atoms with Crippen LogP contribution in [0, 0.1) is 0 Å². The molecule has 2 heterocycles. The second-order valence-corrected chi connectivity index (χ2v) is 4.63. The third kappa shape index (κ3) is 2.51. The molecule has 0 aliphatic carbocycles. The molecule has 6 heteroatoms. The van der Waals surface area contributed by atoms with Crippen LogP contribution in [0.1, 0.15) is 10.4 Å². The second kappa shape index (κ2) is 5.87. The van der Waals surface area contributed by atoms with Gasteiger partial charge in [-0.1, -0.05) is 0 Å². The number of pyridine rings is 1. The van der Waals surface area contributed by atoms with Crippen LogP contribution in [0.25, 0.3) is 16.7 Å². The molecule has 22 heavy (non-hydrogen) atoms. The largest absolute Gasteiger partial charge is 0.478 e. The van der Waals surface area contributed by atoms with Crippen LogP contribution in [0.4, 0.5) is 0 Å². The monoisotopic (exact) mass is 298 g/mol. The van der Waals surface area contributed by atoms with Gasteiger partial charge in [0.2, 0.25) is 0 Å². The van der Waals surface area contributed by atoms with Crippen LogP contribution >= 0.6 is 0 Å². The topological polar surface area (TPSA) is 73.6 Å². The lowest BCUT2D eigenvalue weighted by Gasteiger charge is -2.11. The predicted octanol–water partition coefficient (Wildman–Crippen LogP) is 2.71. The fourth-order valence-electron chi connectivity index (χ4n) is 2.27. The molecule has 0 saturated heterocycles. The third-order valence-electron chi connectivity index (χ3n) is 3.26. The molecule has 1 aromatic carbocycles. The Kier molecular flexibility index (Phi) is 3.76. The number of aromatic nitrogens is 2. The number of carboxylic acid groups (broad SMARTS) is 1. The van der Waals surface area contributed by atoms with Crippen LogP contribution < -0.4 is 4.74 Å². The van der Waals surface area contributed by atoms with E-state index in [2.05, 4.69) is 4.98 Å². The van der Waals surface area contributed by atoms with E-state index < -0.39 is 5.97 Å². The number of rotatable bonds is 5. The van der Waals surface area contributed by atoms with Crippen molar-refractivity contribution in [2.24, 2.45) is 0 Å². The summed E-state index contributed by atoms with van der Waals surface area (Å²) < 4.78 is 12.1. The van der Waals surface area contributed by atoms with Crippen LogP contribution in [0.3, 0.4) is 0 Å². The number of benzene rings is 1. The normalized spacial score (nSPS) is 10.8. The molecule has 0 fully saturated rings. The van der Waals surface area contributed by atoms with Crippen molar-refractivity contribution in [2.45, 2.75) is 0 Å². The van der Waals surface area contributed by atoms with E-state index in [0.717, 1.165) is 16.7 Å². The molecule has 3 aromatic rings. The number of carbonyl (C=O) groups is 1. The van der Waals surface area contributed by atoms with Crippen molar-refractivity contribution in [1.29, 1.82) is 0 Å². The van der Waals surface area contributed by atoms with Crippen molar-refractivity contribution >= 4 is 17.0 Å². The number of hydrogen-bond donors (Lipinski definition) is 1. The lowest BCUT2D eigenvalue weighted by atomic mass is 10.2. The summed E-state index contributed by atoms with van der Waals surface area (Å²) in [5.41, 5.74) is 2.68. The summed E-state index contributed by atoms with van der Waals surface area (Å²) in [7, 11) is 1.48. The zero-order valence-corrected chi connectivity index (χ0v) is 11.9. The first-order chi connectivity index (χ1) is 10.7. The number of carboxylic acids is 1. The van der Waals surface area contributed by atoms with E-state index in [9.17, 15) is 9.90 Å². The lowest BCUT2D eigenvalue weighted by molar-refractivity contribution is 0.0484. The standard InChI is InChI=1S/C16H14N2O4/c1-21-10-22-15-9-11(4-5-12(15)16(19)20)18-8-6-13-14(18)3-2-7-17-13/h2-9H,10H2,1H3,(H,19,20). The van der Waals surface area contributed by atoms with Crippen molar-refractivity contribution in [3.8, 4) is 11.4 Å². The van der Waals surface area contributed by atoms with Gasteiger partial charge in [-0.05, 0) is 30.3 Å². The maximum absolute atomic E-state index is 11.3. The Bertz CT molecular complexity index is 826. The minimum absolute atomic E-state index is 0.0162. The van der Waals surface area contributed by atoms with Crippen molar-refractivity contribution in [3.63, 3.8) is 0 Å². The number of nitrogens with zero attached hydrogens (tertiary/aromatic N) is 2. The number of methoxy groups -OCH3 is 1. The van der Waals surface area contributed by atoms with E-state index in [1.54, 1.807) is 18.3 Å². The molecule has 0 saturated carbocycles. The highest BCUT2D eigenvalue weighted by Gasteiger charge is 2.13. The van der Waals surface area contributed by atoms with E-state index in [1.165, 1.54) is 13.2 Å². The first-order valence-corrected chi connectivity index (χ1v) is 6.62. The first kappa shape index (κ1) is 14.1. The molecule has 0 aliphatic rings. The van der Waals surface area contributed by atoms with Gasteiger partial charge in [-0.25, -0.2) is 4.79 Å². The molecule has 112 valence electrons. The zero-order valence-electron chi connectivity index (χ0n) is 11.9. The van der Waals surface area contributed by atoms with Crippen LogP contribution in [-0.2, 0) is 4.74 Å². The van der Waals surface area contributed by atoms with E-state index >= 15 is 0 Å². The quantitative estimate of drug-likeness (QED) is 0.733. The zero-order chi connectivity index (χ0) is 15.5. The van der Waals surface area contributed by atoms with Gasteiger partial charge in [0.1, 0.15) is 11.3 Å². The molecule has 3 rings (SSSR count). The number of aromatic carboxylic acids is 1. The highest BCUT2D eigenvalue weighted by molar-refractivity contribution is 5.91. The minimum Gasteiger partial charge on any atom is -0.478 e. The minimum atomic E-state index is -1.04. The molecule has 0 aliphatic heterocycles. The van der Waals surface area contributed by atoms with Crippen molar-refractivity contribution in [3.05, 3.63) is 54.4 Å². The summed E-state index contributed by atoms with van der Waals surface area (Å²) in [6.45, 7) is -0.0162. The Balaban J connectivity index is 2.09. The van der Waals surface area contributed by atoms with Gasteiger partial charge in [0, 0.05) is 31.3 Å². The molecule has 1 N–H and O–H groups in total. The molecule has 0 spiro atoms. The second-order valence-electron chi connectivity index (χ2n) is 4.63. The van der Waals surface area contributed by atoms with E-state index in [-0.39, 0.29) is 18.1 Å². The lowest BCUT2D eigenvalue weighted by Crippen LogP contribution is -2.06. The molecule has 0 atom stereocenters. The fourth-order valence-corrected chi connectivity index (χ4v) is 2.27. The molecule has 2 aromatic heterocycles. The highest BCUT2D eigenvalue weighted by Crippen LogP contribution is 2.25. The van der Waals surface area contributed by atoms with E-state index in [1.807, 2.05) is 29.0 Å². The summed E-state index contributed by atoms with van der Waals surface area (Å²) in [5.74, 6) is -0.783. The molecule has 0 amide bonds. The molecule has 0 bridgehead atoms. The van der Waals surface area contributed by atoms with Crippen LogP contribution in [0.5, 0.6) is 5.75 Å². The molecule has 0 unspecified atom stereocenters. The van der Waals surface area contributed by atoms with Crippen molar-refractivity contribution < 1.29 is 19.4 Å². The Morgan fingerprint density at radius 3 is 2.95 bits per heavy atom. The summed E-state index contributed by atoms with van der Waals surface area (Å²) >= 11 is 0. The van der Waals surface area contributed by atoms with Crippen molar-refractivity contribution in [1.82, 2.24) is 9.55 Å². The Morgan fingerprint density at radius 2 is 2.18 bits per heavy atom. The average Bonchev–Trinajstić information content (AvgIpc) is 2.96. The van der Waals surface area contributed by atoms with Crippen LogP contribution in [-0.4, -0.2) is 34.5 Å². The fraction of sp³-hybridized carbons (Fsp3) is 0.125. The summed E-state index contributed by atoms with van der Waals surface area (Å²) in [6, 6.07) is 10.6. The van der Waals surface area contributed by atoms with Gasteiger partial charge in [0.05, 0.1) is 11.0 Å². The smallest absolute Gasteiger partial charge is 0.339 e. The van der Waals surface area contributed by atoms with Gasteiger partial charge in [-0.15, -0.1) is 0 Å². The predicted molar refractivity (Wildman–Crippen MR) is 80.5 cm³/mol. The first-order valence-electron chi connectivity index (χ1n) is 6.62. The van der Waals surface area contributed by atoms with Gasteiger partial charge >= 0.3 is 5.97 Å². The third-order valence-corrected chi connectivity index (χ3v) is 3.26. The Morgan fingerprint density at radius 1 is 1.32 bits per heavy atom. The van der Waals surface area contributed by atoms with Gasteiger partial charge < -0.3 is 19.1 Å².